The van der Waals surface area contributed by atoms with Crippen LogP contribution in [0.2, 0.25) is 0 Å². The van der Waals surface area contributed by atoms with Crippen molar-refractivity contribution in [1.29, 1.82) is 0 Å². The summed E-state index contributed by atoms with van der Waals surface area (Å²) in [5, 5.41) is 0. The topological polar surface area (TPSA) is 78.9 Å². The summed E-state index contributed by atoms with van der Waals surface area (Å²) in [6.07, 6.45) is 70.1. The van der Waals surface area contributed by atoms with Gasteiger partial charge in [0.2, 0.25) is 0 Å². The second-order valence-corrected chi connectivity index (χ2v) is 15.7. The van der Waals surface area contributed by atoms with Crippen molar-refractivity contribution in [1.82, 2.24) is 0 Å². The van der Waals surface area contributed by atoms with Crippen LogP contribution in [0.1, 0.15) is 188 Å². The van der Waals surface area contributed by atoms with E-state index in [0.717, 1.165) is 128 Å². The average Bonchev–Trinajstić information content (AvgIpc) is 3.28. The van der Waals surface area contributed by atoms with Gasteiger partial charge in [-0.25, -0.2) is 0 Å². The predicted molar refractivity (Wildman–Crippen MR) is 269 cm³/mol. The maximum absolute atomic E-state index is 12.8. The van der Waals surface area contributed by atoms with Crippen molar-refractivity contribution in [3.8, 4) is 0 Å². The van der Waals surface area contributed by atoms with Crippen molar-refractivity contribution in [2.24, 2.45) is 0 Å². The molecule has 0 heterocycles. The summed E-state index contributed by atoms with van der Waals surface area (Å²) in [4.78, 5) is 37.9. The van der Waals surface area contributed by atoms with Crippen molar-refractivity contribution in [2.75, 3.05) is 13.2 Å². The van der Waals surface area contributed by atoms with E-state index in [1.165, 1.54) is 12.8 Å². The first-order valence-electron chi connectivity index (χ1n) is 24.7. The number of unbranched alkanes of at least 4 members (excludes halogenated alkanes) is 12. The van der Waals surface area contributed by atoms with Gasteiger partial charge in [-0.1, -0.05) is 199 Å². The Balaban J connectivity index is 4.50. The van der Waals surface area contributed by atoms with Crippen LogP contribution < -0.4 is 0 Å². The quantitative estimate of drug-likeness (QED) is 0.0200. The fraction of sp³-hybridized carbons (Fsp3) is 0.561. The lowest BCUT2D eigenvalue weighted by Crippen LogP contribution is -2.30. The third-order valence-corrected chi connectivity index (χ3v) is 9.73. The van der Waals surface area contributed by atoms with Gasteiger partial charge < -0.3 is 14.2 Å². The van der Waals surface area contributed by atoms with E-state index >= 15 is 0 Å². The van der Waals surface area contributed by atoms with Gasteiger partial charge in [-0.2, -0.15) is 0 Å². The van der Waals surface area contributed by atoms with E-state index in [-0.39, 0.29) is 44.0 Å². The summed E-state index contributed by atoms with van der Waals surface area (Å²) < 4.78 is 16.7. The third-order valence-electron chi connectivity index (χ3n) is 9.73. The predicted octanol–water partition coefficient (Wildman–Crippen LogP) is 16.3. The molecule has 0 aliphatic heterocycles. The first-order chi connectivity index (χ1) is 31.0. The monoisotopic (exact) mass is 869 g/mol. The van der Waals surface area contributed by atoms with Crippen LogP contribution in [0, 0.1) is 0 Å². The molecule has 0 N–H and O–H groups in total. The van der Waals surface area contributed by atoms with Gasteiger partial charge >= 0.3 is 17.9 Å². The number of esters is 3. The Labute approximate surface area is 385 Å². The molecule has 0 saturated heterocycles. The fourth-order valence-corrected chi connectivity index (χ4v) is 6.11. The highest BCUT2D eigenvalue weighted by Gasteiger charge is 2.19. The lowest BCUT2D eigenvalue weighted by Gasteiger charge is -2.18. The molecule has 0 bridgehead atoms. The van der Waals surface area contributed by atoms with Crippen LogP contribution in [0.15, 0.2) is 134 Å². The molecular weight excluding hydrogens is 781 g/mol. The standard InChI is InChI=1S/C57H88O6/c1-4-7-10-13-16-19-22-24-26-27-28-29-31-32-35-38-41-44-47-50-56(59)62-53-54(52-61-55(58)49-46-43-40-37-34-21-18-15-12-9-6-3)63-57(60)51-48-45-42-39-36-33-30-25-23-20-17-14-11-8-5-2/h7-12,14,16-21,23-26,28-30,37,40,54H,4-6,13,15,22,27,31-36,38-39,41-53H2,1-3H3/b10-7-,11-8-,12-9-,17-14-,19-16-,21-18-,23-20-,26-24-,29-28-,30-25-,40-37-. The fourth-order valence-electron chi connectivity index (χ4n) is 6.11. The molecule has 6 nitrogen and oxygen atoms in total. The van der Waals surface area contributed by atoms with E-state index < -0.39 is 6.10 Å². The molecule has 0 aromatic heterocycles. The van der Waals surface area contributed by atoms with E-state index in [2.05, 4.69) is 130 Å². The number of rotatable bonds is 42. The Kier molecular flexibility index (Phi) is 46.7. The summed E-state index contributed by atoms with van der Waals surface area (Å²) in [5.41, 5.74) is 0. The number of hydrogen-bond acceptors (Lipinski definition) is 6. The van der Waals surface area contributed by atoms with Crippen molar-refractivity contribution < 1.29 is 28.6 Å². The molecule has 1 atom stereocenters. The second kappa shape index (κ2) is 50.2. The summed E-state index contributed by atoms with van der Waals surface area (Å²) in [5.74, 6) is -1.02. The molecule has 0 aliphatic carbocycles. The second-order valence-electron chi connectivity index (χ2n) is 15.7. The van der Waals surface area contributed by atoms with E-state index in [0.29, 0.717) is 12.8 Å². The number of hydrogen-bond donors (Lipinski definition) is 0. The minimum absolute atomic E-state index is 0.117. The van der Waals surface area contributed by atoms with Crippen molar-refractivity contribution >= 4 is 17.9 Å². The zero-order valence-electron chi connectivity index (χ0n) is 40.0. The molecule has 0 rings (SSSR count). The zero-order valence-corrected chi connectivity index (χ0v) is 40.0. The molecule has 0 spiro atoms. The van der Waals surface area contributed by atoms with Crippen LogP contribution in [-0.4, -0.2) is 37.2 Å². The lowest BCUT2D eigenvalue weighted by atomic mass is 10.1. The van der Waals surface area contributed by atoms with E-state index in [1.54, 1.807) is 0 Å². The van der Waals surface area contributed by atoms with E-state index in [9.17, 15) is 14.4 Å². The normalized spacial score (nSPS) is 13.3. The Bertz CT molecular complexity index is 1420. The third kappa shape index (κ3) is 48.4. The smallest absolute Gasteiger partial charge is 0.306 e. The highest BCUT2D eigenvalue weighted by Crippen LogP contribution is 2.12. The van der Waals surface area contributed by atoms with Crippen LogP contribution in [-0.2, 0) is 28.6 Å². The molecule has 0 radical (unpaired) electrons. The molecule has 0 fully saturated rings. The summed E-state index contributed by atoms with van der Waals surface area (Å²) in [7, 11) is 0. The molecule has 0 amide bonds. The Hall–Kier alpha value is -4.45. The summed E-state index contributed by atoms with van der Waals surface area (Å²) >= 11 is 0. The van der Waals surface area contributed by atoms with Gasteiger partial charge in [0.05, 0.1) is 0 Å². The maximum Gasteiger partial charge on any atom is 0.306 e. The minimum Gasteiger partial charge on any atom is -0.462 e. The first-order valence-corrected chi connectivity index (χ1v) is 24.7. The molecule has 63 heavy (non-hydrogen) atoms. The van der Waals surface area contributed by atoms with Gasteiger partial charge in [-0.3, -0.25) is 14.4 Å². The van der Waals surface area contributed by atoms with Crippen molar-refractivity contribution in [2.45, 2.75) is 194 Å². The molecular formula is C57H88O6. The van der Waals surface area contributed by atoms with Gasteiger partial charge in [0, 0.05) is 19.3 Å². The molecule has 1 unspecified atom stereocenters. The van der Waals surface area contributed by atoms with Crippen LogP contribution >= 0.6 is 0 Å². The van der Waals surface area contributed by atoms with Gasteiger partial charge in [-0.15, -0.1) is 0 Å². The van der Waals surface area contributed by atoms with Crippen LogP contribution in [0.5, 0.6) is 0 Å². The van der Waals surface area contributed by atoms with E-state index in [4.69, 9.17) is 14.2 Å². The summed E-state index contributed by atoms with van der Waals surface area (Å²) in [6, 6.07) is 0. The molecule has 6 heteroatoms. The van der Waals surface area contributed by atoms with Crippen LogP contribution in [0.25, 0.3) is 0 Å². The maximum atomic E-state index is 12.8. The van der Waals surface area contributed by atoms with Gasteiger partial charge in [0.15, 0.2) is 6.10 Å². The van der Waals surface area contributed by atoms with Crippen LogP contribution in [0.3, 0.4) is 0 Å². The van der Waals surface area contributed by atoms with Crippen molar-refractivity contribution in [3.63, 3.8) is 0 Å². The van der Waals surface area contributed by atoms with Gasteiger partial charge in [0.1, 0.15) is 13.2 Å². The summed E-state index contributed by atoms with van der Waals surface area (Å²) in [6.45, 7) is 6.16. The lowest BCUT2D eigenvalue weighted by molar-refractivity contribution is -0.167. The van der Waals surface area contributed by atoms with Gasteiger partial charge in [-0.05, 0) is 103 Å². The molecule has 0 saturated carbocycles. The first kappa shape index (κ1) is 58.6. The molecule has 0 aromatic carbocycles. The average molecular weight is 869 g/mol. The highest BCUT2D eigenvalue weighted by molar-refractivity contribution is 5.71. The molecule has 0 aliphatic rings. The Morgan fingerprint density at radius 3 is 1.14 bits per heavy atom. The van der Waals surface area contributed by atoms with Crippen LogP contribution in [0.4, 0.5) is 0 Å². The number of carbonyl (C=O) groups is 3. The van der Waals surface area contributed by atoms with E-state index in [1.807, 2.05) is 24.3 Å². The van der Waals surface area contributed by atoms with Gasteiger partial charge in [0.25, 0.3) is 0 Å². The highest BCUT2D eigenvalue weighted by atomic mass is 16.6. The zero-order chi connectivity index (χ0) is 45.8. The SMILES string of the molecule is CC\C=C/C=C\C=C/C=C\CCCCCCCC(=O)OC(COC(=O)CCC/C=C\C/C=C\C/C=C\CC)COC(=O)CCCCCCCC/C=C\C/C=C\C/C=C\C/C=C\CC. The Morgan fingerprint density at radius 1 is 0.333 bits per heavy atom. The molecule has 352 valence electrons. The minimum atomic E-state index is -0.821. The molecule has 0 aromatic rings. The van der Waals surface area contributed by atoms with Crippen molar-refractivity contribution in [3.05, 3.63) is 134 Å². The Morgan fingerprint density at radius 2 is 0.667 bits per heavy atom. The number of ether oxygens (including phenoxy) is 3. The number of allylic oxidation sites excluding steroid dienone is 22. The number of carbonyl (C=O) groups excluding carboxylic acids is 3. The largest absolute Gasteiger partial charge is 0.462 e.